The molecule has 5 nitrogen and oxygen atoms in total. The number of aliphatic hydroxyl groups is 1. The Labute approximate surface area is 159 Å². The van der Waals surface area contributed by atoms with Gasteiger partial charge in [-0.1, -0.05) is 48.9 Å². The van der Waals surface area contributed by atoms with Gasteiger partial charge in [-0.05, 0) is 37.1 Å². The molecule has 0 saturated carbocycles. The fourth-order valence-corrected chi connectivity index (χ4v) is 2.98. The number of likely N-dealkylation sites (N-methyl/N-ethyl adjacent to an activating group) is 1. The molecule has 0 heterocycles. The zero-order valence-corrected chi connectivity index (χ0v) is 16.2. The van der Waals surface area contributed by atoms with Crippen LogP contribution < -0.4 is 0 Å². The topological polar surface area (TPSA) is 74.7 Å². The minimum atomic E-state index is -1.68. The predicted octanol–water partition coefficient (Wildman–Crippen LogP) is 3.03. The molecular formula is C22H25NO4. The number of benzene rings is 2. The molecule has 0 aromatic heterocycles. The summed E-state index contributed by atoms with van der Waals surface area (Å²) in [5.41, 5.74) is 1.85. The van der Waals surface area contributed by atoms with Crippen LogP contribution in [0.1, 0.15) is 36.2 Å². The number of hydrogen-bond donors (Lipinski definition) is 1. The first-order valence-corrected chi connectivity index (χ1v) is 8.88. The van der Waals surface area contributed by atoms with Crippen LogP contribution in [-0.4, -0.2) is 46.7 Å². The van der Waals surface area contributed by atoms with Gasteiger partial charge in [-0.3, -0.25) is 14.4 Å². The lowest BCUT2D eigenvalue weighted by Crippen LogP contribution is -2.59. The quantitative estimate of drug-likeness (QED) is 0.764. The zero-order valence-electron chi connectivity index (χ0n) is 16.2. The Balaban J connectivity index is 2.31. The summed E-state index contributed by atoms with van der Waals surface area (Å²) in [6.07, 6.45) is 0.0895. The molecule has 1 amide bonds. The van der Waals surface area contributed by atoms with Gasteiger partial charge in [-0.15, -0.1) is 0 Å². The summed E-state index contributed by atoms with van der Waals surface area (Å²) >= 11 is 0. The van der Waals surface area contributed by atoms with Gasteiger partial charge in [0.2, 0.25) is 0 Å². The number of carbonyl (C=O) groups excluding carboxylic acids is 3. The summed E-state index contributed by atoms with van der Waals surface area (Å²) in [7, 11) is 1.41. The fourth-order valence-electron chi connectivity index (χ4n) is 2.98. The lowest BCUT2D eigenvalue weighted by atomic mass is 9.87. The number of nitrogens with zero attached hydrogens (tertiary/aromatic N) is 1. The van der Waals surface area contributed by atoms with Gasteiger partial charge >= 0.3 is 0 Å². The fraction of sp³-hybridized carbons (Fsp3) is 0.318. The highest BCUT2D eigenvalue weighted by atomic mass is 16.3. The second-order valence-corrected chi connectivity index (χ2v) is 6.74. The Kier molecular flexibility index (Phi) is 6.28. The van der Waals surface area contributed by atoms with E-state index in [4.69, 9.17) is 0 Å². The molecule has 0 aliphatic heterocycles. The molecule has 0 fully saturated rings. The second-order valence-electron chi connectivity index (χ2n) is 6.74. The van der Waals surface area contributed by atoms with E-state index in [2.05, 4.69) is 0 Å². The number of rotatable bonds is 7. The second kappa shape index (κ2) is 8.27. The van der Waals surface area contributed by atoms with Crippen LogP contribution in [0.4, 0.5) is 0 Å². The molecule has 0 bridgehead atoms. The number of aryl methyl sites for hydroxylation is 1. The van der Waals surface area contributed by atoms with E-state index >= 15 is 0 Å². The van der Waals surface area contributed by atoms with E-state index < -0.39 is 29.6 Å². The van der Waals surface area contributed by atoms with Crippen LogP contribution in [0.2, 0.25) is 0 Å². The molecule has 0 radical (unpaired) electrons. The highest BCUT2D eigenvalue weighted by Crippen LogP contribution is 2.24. The number of Topliss-reactive ketones (excluding diaryl/α,β-unsaturated/α-hetero) is 2. The lowest BCUT2D eigenvalue weighted by Gasteiger charge is -2.35. The third-order valence-corrected chi connectivity index (χ3v) is 5.04. The molecule has 1 unspecified atom stereocenters. The van der Waals surface area contributed by atoms with Crippen LogP contribution >= 0.6 is 0 Å². The van der Waals surface area contributed by atoms with Crippen LogP contribution in [0.25, 0.3) is 11.1 Å². The highest BCUT2D eigenvalue weighted by molar-refractivity contribution is 6.14. The minimum absolute atomic E-state index is 0.0895. The van der Waals surface area contributed by atoms with Crippen LogP contribution in [0.5, 0.6) is 0 Å². The van der Waals surface area contributed by atoms with E-state index in [9.17, 15) is 19.5 Å². The first-order chi connectivity index (χ1) is 12.7. The van der Waals surface area contributed by atoms with E-state index in [1.807, 2.05) is 43.3 Å². The molecule has 1 N–H and O–H groups in total. The van der Waals surface area contributed by atoms with Crippen LogP contribution in [0.3, 0.4) is 0 Å². The molecule has 0 aliphatic carbocycles. The highest BCUT2D eigenvalue weighted by Gasteiger charge is 2.45. The Morgan fingerprint density at radius 1 is 0.926 bits per heavy atom. The van der Waals surface area contributed by atoms with Gasteiger partial charge in [0.15, 0.2) is 17.1 Å². The third kappa shape index (κ3) is 3.98. The summed E-state index contributed by atoms with van der Waals surface area (Å²) in [5.74, 6) is -1.55. The summed E-state index contributed by atoms with van der Waals surface area (Å²) < 4.78 is 0. The molecular weight excluding hydrogens is 342 g/mol. The largest absolute Gasteiger partial charge is 0.388 e. The molecule has 27 heavy (non-hydrogen) atoms. The van der Waals surface area contributed by atoms with Gasteiger partial charge in [-0.2, -0.15) is 0 Å². The standard InChI is InChI=1S/C22H25NO4/c1-5-19(25)22(3,20(26)14-24)23(4)21(27)18-12-10-17(11-13-18)16-8-6-15(2)7-9-16/h6-13,24H,5,14H2,1-4H3. The van der Waals surface area contributed by atoms with Crippen LogP contribution in [0, 0.1) is 6.92 Å². The smallest absolute Gasteiger partial charge is 0.254 e. The molecule has 0 spiro atoms. The monoisotopic (exact) mass is 367 g/mol. The average molecular weight is 367 g/mol. The van der Waals surface area contributed by atoms with Crippen molar-refractivity contribution in [3.63, 3.8) is 0 Å². The lowest BCUT2D eigenvalue weighted by molar-refractivity contribution is -0.141. The molecule has 2 rings (SSSR count). The number of amides is 1. The van der Waals surface area contributed by atoms with Crippen LogP contribution in [-0.2, 0) is 9.59 Å². The molecule has 2 aromatic rings. The average Bonchev–Trinajstić information content (AvgIpc) is 2.71. The SMILES string of the molecule is CCC(=O)C(C)(C(=O)CO)N(C)C(=O)c1ccc(-c2ccc(C)cc2)cc1. The number of aliphatic hydroxyl groups excluding tert-OH is 1. The van der Waals surface area contributed by atoms with Crippen molar-refractivity contribution in [1.82, 2.24) is 4.90 Å². The van der Waals surface area contributed by atoms with Crippen molar-refractivity contribution < 1.29 is 19.5 Å². The van der Waals surface area contributed by atoms with Crippen molar-refractivity contribution in [2.24, 2.45) is 0 Å². The Bertz CT molecular complexity index is 822. The molecule has 5 heteroatoms. The third-order valence-electron chi connectivity index (χ3n) is 5.04. The van der Waals surface area contributed by atoms with E-state index in [-0.39, 0.29) is 6.42 Å². The van der Waals surface area contributed by atoms with Gasteiger partial charge in [-0.25, -0.2) is 0 Å². The summed E-state index contributed by atoms with van der Waals surface area (Å²) in [4.78, 5) is 38.6. The molecule has 2 aromatic carbocycles. The van der Waals surface area contributed by atoms with Crippen molar-refractivity contribution in [1.29, 1.82) is 0 Å². The maximum absolute atomic E-state index is 12.9. The number of carbonyl (C=O) groups is 3. The van der Waals surface area contributed by atoms with Gasteiger partial charge < -0.3 is 10.0 Å². The minimum Gasteiger partial charge on any atom is -0.388 e. The van der Waals surface area contributed by atoms with Gasteiger partial charge in [0, 0.05) is 19.0 Å². The van der Waals surface area contributed by atoms with E-state index in [1.54, 1.807) is 19.1 Å². The first-order valence-electron chi connectivity index (χ1n) is 8.88. The normalized spacial score (nSPS) is 12.9. The van der Waals surface area contributed by atoms with E-state index in [0.717, 1.165) is 16.0 Å². The maximum atomic E-state index is 12.9. The zero-order chi connectivity index (χ0) is 20.2. The maximum Gasteiger partial charge on any atom is 0.254 e. The molecule has 0 saturated heterocycles. The van der Waals surface area contributed by atoms with E-state index in [1.165, 1.54) is 19.5 Å². The summed E-state index contributed by atoms with van der Waals surface area (Å²) in [6.45, 7) is 4.23. The molecule has 1 atom stereocenters. The molecule has 142 valence electrons. The van der Waals surface area contributed by atoms with Crippen molar-refractivity contribution >= 4 is 17.5 Å². The summed E-state index contributed by atoms with van der Waals surface area (Å²) in [5, 5.41) is 9.26. The van der Waals surface area contributed by atoms with Crippen molar-refractivity contribution in [3.05, 3.63) is 59.7 Å². The Hall–Kier alpha value is -2.79. The van der Waals surface area contributed by atoms with Gasteiger partial charge in [0.25, 0.3) is 5.91 Å². The Morgan fingerprint density at radius 2 is 1.41 bits per heavy atom. The number of hydrogen-bond acceptors (Lipinski definition) is 4. The first kappa shape index (κ1) is 20.5. The van der Waals surface area contributed by atoms with Crippen molar-refractivity contribution in [2.75, 3.05) is 13.7 Å². The van der Waals surface area contributed by atoms with Crippen molar-refractivity contribution in [2.45, 2.75) is 32.7 Å². The number of ketones is 2. The predicted molar refractivity (Wildman–Crippen MR) is 105 cm³/mol. The summed E-state index contributed by atoms with van der Waals surface area (Å²) in [6, 6.07) is 15.1. The van der Waals surface area contributed by atoms with Gasteiger partial charge in [0.1, 0.15) is 6.61 Å². The Morgan fingerprint density at radius 3 is 1.85 bits per heavy atom. The van der Waals surface area contributed by atoms with E-state index in [0.29, 0.717) is 5.56 Å². The van der Waals surface area contributed by atoms with Crippen LogP contribution in [0.15, 0.2) is 48.5 Å². The van der Waals surface area contributed by atoms with Crippen molar-refractivity contribution in [3.8, 4) is 11.1 Å². The molecule has 0 aliphatic rings. The van der Waals surface area contributed by atoms with Gasteiger partial charge in [0.05, 0.1) is 0 Å².